The molecular formula is C17H18ClN5O3. The number of ether oxygens (including phenoxy) is 1. The van der Waals surface area contributed by atoms with E-state index in [-0.39, 0.29) is 18.1 Å². The Labute approximate surface area is 154 Å². The van der Waals surface area contributed by atoms with Crippen molar-refractivity contribution in [2.24, 2.45) is 0 Å². The van der Waals surface area contributed by atoms with E-state index in [0.29, 0.717) is 35.7 Å². The van der Waals surface area contributed by atoms with Crippen LogP contribution in [0.15, 0.2) is 41.6 Å². The van der Waals surface area contributed by atoms with E-state index < -0.39 is 0 Å². The number of nitrogens with one attached hydrogen (secondary N) is 1. The summed E-state index contributed by atoms with van der Waals surface area (Å²) in [7, 11) is 1.46. The Morgan fingerprint density at radius 2 is 2.08 bits per heavy atom. The monoisotopic (exact) mass is 375 g/mol. The van der Waals surface area contributed by atoms with E-state index in [1.54, 1.807) is 16.8 Å². The van der Waals surface area contributed by atoms with E-state index in [1.165, 1.54) is 24.2 Å². The maximum absolute atomic E-state index is 12.6. The topological polar surface area (TPSA) is 91.0 Å². The Morgan fingerprint density at radius 1 is 1.31 bits per heavy atom. The number of hydrogen-bond donors (Lipinski definition) is 1. The zero-order valence-corrected chi connectivity index (χ0v) is 14.9. The van der Waals surface area contributed by atoms with Crippen molar-refractivity contribution < 1.29 is 9.53 Å². The first kappa shape index (κ1) is 18.1. The van der Waals surface area contributed by atoms with Crippen molar-refractivity contribution in [1.29, 1.82) is 0 Å². The molecule has 1 N–H and O–H groups in total. The molecule has 0 radical (unpaired) electrons. The molecule has 1 aromatic carbocycles. The fraction of sp³-hybridized carbons (Fsp3) is 0.294. The lowest BCUT2D eigenvalue weighted by molar-refractivity contribution is -0.124. The Balaban J connectivity index is 1.75. The molecule has 0 aliphatic heterocycles. The van der Waals surface area contributed by atoms with Crippen LogP contribution >= 0.6 is 11.6 Å². The maximum atomic E-state index is 12.6. The summed E-state index contributed by atoms with van der Waals surface area (Å²) >= 11 is 5.88. The van der Waals surface area contributed by atoms with Gasteiger partial charge in [-0.15, -0.1) is 0 Å². The predicted octanol–water partition coefficient (Wildman–Crippen LogP) is 1.06. The molecule has 0 unspecified atom stereocenters. The van der Waals surface area contributed by atoms with Gasteiger partial charge in [-0.05, 0) is 17.7 Å². The summed E-state index contributed by atoms with van der Waals surface area (Å²) in [5, 5.41) is 7.98. The van der Waals surface area contributed by atoms with Crippen LogP contribution in [-0.4, -0.2) is 45.5 Å². The summed E-state index contributed by atoms with van der Waals surface area (Å²) in [5.74, 6) is -0.206. The average Bonchev–Trinajstić information content (AvgIpc) is 3.03. The van der Waals surface area contributed by atoms with Gasteiger partial charge in [-0.3, -0.25) is 14.2 Å². The number of methoxy groups -OCH3 is 1. The SMILES string of the molecule is COCC(=O)NCCn1ncc2c(=O)n(Cc3ccc(Cl)cc3)cnc21. The highest BCUT2D eigenvalue weighted by atomic mass is 35.5. The number of carbonyl (C=O) groups is 1. The third kappa shape index (κ3) is 4.09. The molecule has 3 rings (SSSR count). The van der Waals surface area contributed by atoms with Crippen molar-refractivity contribution in [2.45, 2.75) is 13.1 Å². The van der Waals surface area contributed by atoms with Gasteiger partial charge in [-0.25, -0.2) is 9.67 Å². The summed E-state index contributed by atoms with van der Waals surface area (Å²) < 4.78 is 7.87. The fourth-order valence-electron chi connectivity index (χ4n) is 2.54. The Hall–Kier alpha value is -2.71. The summed E-state index contributed by atoms with van der Waals surface area (Å²) in [5.41, 5.74) is 1.27. The van der Waals surface area contributed by atoms with Gasteiger partial charge in [0.2, 0.25) is 5.91 Å². The van der Waals surface area contributed by atoms with Crippen LogP contribution in [0.25, 0.3) is 11.0 Å². The summed E-state index contributed by atoms with van der Waals surface area (Å²) in [6.07, 6.45) is 3.00. The highest BCUT2D eigenvalue weighted by Gasteiger charge is 2.10. The van der Waals surface area contributed by atoms with Crippen LogP contribution in [0.1, 0.15) is 5.56 Å². The van der Waals surface area contributed by atoms with Crippen molar-refractivity contribution in [3.63, 3.8) is 0 Å². The molecule has 0 saturated carbocycles. The molecule has 2 heterocycles. The highest BCUT2D eigenvalue weighted by molar-refractivity contribution is 6.30. The van der Waals surface area contributed by atoms with E-state index in [9.17, 15) is 9.59 Å². The van der Waals surface area contributed by atoms with Crippen molar-refractivity contribution in [2.75, 3.05) is 20.3 Å². The standard InChI is InChI=1S/C17H18ClN5O3/c1-26-10-15(24)19-6-7-23-16-14(8-21-23)17(25)22(11-20-16)9-12-2-4-13(18)5-3-12/h2-5,8,11H,6-7,9-10H2,1H3,(H,19,24). The maximum Gasteiger partial charge on any atom is 0.264 e. The van der Waals surface area contributed by atoms with Crippen molar-refractivity contribution in [3.8, 4) is 0 Å². The number of fused-ring (bicyclic) bond motifs is 1. The van der Waals surface area contributed by atoms with Crippen LogP contribution < -0.4 is 10.9 Å². The van der Waals surface area contributed by atoms with Gasteiger partial charge in [0.25, 0.3) is 5.56 Å². The van der Waals surface area contributed by atoms with E-state index >= 15 is 0 Å². The second kappa shape index (κ2) is 8.11. The summed E-state index contributed by atoms with van der Waals surface area (Å²) in [4.78, 5) is 28.4. The quantitative estimate of drug-likeness (QED) is 0.666. The highest BCUT2D eigenvalue weighted by Crippen LogP contribution is 2.11. The minimum absolute atomic E-state index is 0.00745. The molecule has 9 heteroatoms. The number of carbonyl (C=O) groups excluding carboxylic acids is 1. The molecule has 0 bridgehead atoms. The van der Waals surface area contributed by atoms with Crippen LogP contribution in [0.3, 0.4) is 0 Å². The third-order valence-corrected chi connectivity index (χ3v) is 4.06. The molecule has 26 heavy (non-hydrogen) atoms. The molecule has 2 aromatic heterocycles. The fourth-order valence-corrected chi connectivity index (χ4v) is 2.67. The van der Waals surface area contributed by atoms with E-state index in [4.69, 9.17) is 16.3 Å². The number of nitrogens with zero attached hydrogens (tertiary/aromatic N) is 4. The first-order valence-corrected chi connectivity index (χ1v) is 8.37. The lowest BCUT2D eigenvalue weighted by Crippen LogP contribution is -2.30. The van der Waals surface area contributed by atoms with Crippen LogP contribution in [0.5, 0.6) is 0 Å². The molecule has 8 nitrogen and oxygen atoms in total. The van der Waals surface area contributed by atoms with Gasteiger partial charge in [0.1, 0.15) is 18.3 Å². The van der Waals surface area contributed by atoms with E-state index in [1.807, 2.05) is 12.1 Å². The molecule has 136 valence electrons. The summed E-state index contributed by atoms with van der Waals surface area (Å²) in [6, 6.07) is 7.30. The van der Waals surface area contributed by atoms with Crippen molar-refractivity contribution in [1.82, 2.24) is 24.6 Å². The molecule has 1 amide bonds. The van der Waals surface area contributed by atoms with Gasteiger partial charge in [-0.1, -0.05) is 23.7 Å². The normalized spacial score (nSPS) is 11.0. The van der Waals surface area contributed by atoms with Crippen LogP contribution in [0.4, 0.5) is 0 Å². The largest absolute Gasteiger partial charge is 0.375 e. The van der Waals surface area contributed by atoms with Gasteiger partial charge in [-0.2, -0.15) is 5.10 Å². The second-order valence-corrected chi connectivity index (χ2v) is 6.13. The van der Waals surface area contributed by atoms with Gasteiger partial charge in [0.15, 0.2) is 5.65 Å². The Kier molecular flexibility index (Phi) is 5.65. The molecular weight excluding hydrogens is 358 g/mol. The number of aromatic nitrogens is 4. The minimum atomic E-state index is -0.206. The molecule has 3 aromatic rings. The van der Waals surface area contributed by atoms with Crippen molar-refractivity contribution >= 4 is 28.5 Å². The van der Waals surface area contributed by atoms with E-state index in [0.717, 1.165) is 5.56 Å². The zero-order chi connectivity index (χ0) is 18.5. The van der Waals surface area contributed by atoms with E-state index in [2.05, 4.69) is 15.4 Å². The number of rotatable bonds is 7. The van der Waals surface area contributed by atoms with Crippen LogP contribution in [0, 0.1) is 0 Å². The Bertz CT molecular complexity index is 965. The number of halogens is 1. The predicted molar refractivity (Wildman–Crippen MR) is 97.2 cm³/mol. The Morgan fingerprint density at radius 3 is 2.81 bits per heavy atom. The smallest absolute Gasteiger partial charge is 0.264 e. The van der Waals surface area contributed by atoms with Gasteiger partial charge < -0.3 is 10.1 Å². The third-order valence-electron chi connectivity index (χ3n) is 3.81. The molecule has 0 spiro atoms. The number of hydrogen-bond acceptors (Lipinski definition) is 5. The van der Waals surface area contributed by atoms with Crippen LogP contribution in [0.2, 0.25) is 5.02 Å². The van der Waals surface area contributed by atoms with Gasteiger partial charge in [0, 0.05) is 18.7 Å². The van der Waals surface area contributed by atoms with Crippen molar-refractivity contribution in [3.05, 3.63) is 57.7 Å². The molecule has 0 atom stereocenters. The minimum Gasteiger partial charge on any atom is -0.375 e. The lowest BCUT2D eigenvalue weighted by Gasteiger charge is -2.07. The number of benzene rings is 1. The first-order chi connectivity index (χ1) is 12.6. The van der Waals surface area contributed by atoms with Gasteiger partial charge in [0.05, 0.1) is 19.3 Å². The molecule has 0 aliphatic rings. The molecule has 0 fully saturated rings. The van der Waals surface area contributed by atoms with Gasteiger partial charge >= 0.3 is 0 Å². The molecule has 0 aliphatic carbocycles. The molecule has 0 saturated heterocycles. The number of amides is 1. The van der Waals surface area contributed by atoms with Crippen LogP contribution in [-0.2, 0) is 22.6 Å². The second-order valence-electron chi connectivity index (χ2n) is 5.69. The zero-order valence-electron chi connectivity index (χ0n) is 14.2. The average molecular weight is 376 g/mol. The lowest BCUT2D eigenvalue weighted by atomic mass is 10.2. The first-order valence-electron chi connectivity index (χ1n) is 7.99. The summed E-state index contributed by atoms with van der Waals surface area (Å²) in [6.45, 7) is 1.19.